The van der Waals surface area contributed by atoms with Gasteiger partial charge in [-0.1, -0.05) is 42.5 Å². The Labute approximate surface area is 146 Å². The maximum absolute atomic E-state index is 12.1. The van der Waals surface area contributed by atoms with Gasteiger partial charge in [-0.15, -0.1) is 0 Å². The number of hydrazine groups is 1. The summed E-state index contributed by atoms with van der Waals surface area (Å²) in [7, 11) is -3.14. The van der Waals surface area contributed by atoms with Crippen molar-refractivity contribution in [1.29, 1.82) is 0 Å². The summed E-state index contributed by atoms with van der Waals surface area (Å²) in [5.74, 6) is -1.68. The maximum atomic E-state index is 12.1. The van der Waals surface area contributed by atoms with Gasteiger partial charge in [-0.05, 0) is 29.7 Å². The van der Waals surface area contributed by atoms with Crippen LogP contribution in [0.3, 0.4) is 0 Å². The molecule has 2 aromatic rings. The van der Waals surface area contributed by atoms with Crippen LogP contribution in [0.25, 0.3) is 11.1 Å². The lowest BCUT2D eigenvalue weighted by atomic mass is 10.0. The number of benzene rings is 2. The number of nitrogens with one attached hydrogen (secondary N) is 2. The molecule has 1 aliphatic heterocycles. The Bertz CT molecular complexity index is 877. The van der Waals surface area contributed by atoms with Crippen molar-refractivity contribution >= 4 is 21.7 Å². The molecule has 0 unspecified atom stereocenters. The summed E-state index contributed by atoms with van der Waals surface area (Å²) >= 11 is 0. The summed E-state index contributed by atoms with van der Waals surface area (Å²) < 4.78 is 22.8. The van der Waals surface area contributed by atoms with E-state index in [4.69, 9.17) is 0 Å². The average molecular weight is 358 g/mol. The van der Waals surface area contributed by atoms with Crippen LogP contribution in [0.5, 0.6) is 0 Å². The van der Waals surface area contributed by atoms with Gasteiger partial charge >= 0.3 is 0 Å². The number of amides is 2. The van der Waals surface area contributed by atoms with E-state index in [1.54, 1.807) is 12.1 Å². The van der Waals surface area contributed by atoms with E-state index in [-0.39, 0.29) is 17.9 Å². The Morgan fingerprint density at radius 1 is 0.880 bits per heavy atom. The largest absolute Gasteiger partial charge is 0.273 e. The van der Waals surface area contributed by atoms with E-state index in [1.165, 1.54) is 0 Å². The summed E-state index contributed by atoms with van der Waals surface area (Å²) in [5, 5.41) is 0. The van der Waals surface area contributed by atoms with E-state index in [0.29, 0.717) is 5.56 Å². The molecule has 3 rings (SSSR count). The van der Waals surface area contributed by atoms with Crippen LogP contribution in [-0.2, 0) is 14.6 Å². The van der Waals surface area contributed by atoms with Crippen molar-refractivity contribution < 1.29 is 18.0 Å². The van der Waals surface area contributed by atoms with Gasteiger partial charge in [-0.2, -0.15) is 0 Å². The molecule has 0 saturated carbocycles. The van der Waals surface area contributed by atoms with E-state index < -0.39 is 27.6 Å². The monoisotopic (exact) mass is 358 g/mol. The summed E-state index contributed by atoms with van der Waals surface area (Å²) in [5.41, 5.74) is 7.06. The zero-order valence-electron chi connectivity index (χ0n) is 13.4. The summed E-state index contributed by atoms with van der Waals surface area (Å²) in [6.07, 6.45) is 0.288. The summed E-state index contributed by atoms with van der Waals surface area (Å²) in [4.78, 5) is 24.0. The van der Waals surface area contributed by atoms with Crippen molar-refractivity contribution in [3.8, 4) is 11.1 Å². The van der Waals surface area contributed by atoms with Gasteiger partial charge in [0.2, 0.25) is 5.91 Å². The number of rotatable bonds is 3. The molecule has 6 nitrogen and oxygen atoms in total. The highest BCUT2D eigenvalue weighted by Crippen LogP contribution is 2.19. The summed E-state index contributed by atoms with van der Waals surface area (Å²) in [6.45, 7) is 0. The van der Waals surface area contributed by atoms with E-state index in [2.05, 4.69) is 10.9 Å². The molecule has 2 aromatic carbocycles. The predicted octanol–water partition coefficient (Wildman–Crippen LogP) is 1.55. The van der Waals surface area contributed by atoms with Gasteiger partial charge in [0.15, 0.2) is 9.84 Å². The number of carbonyl (C=O) groups excluding carboxylic acids is 2. The van der Waals surface area contributed by atoms with Crippen molar-refractivity contribution in [3.63, 3.8) is 0 Å². The maximum Gasteiger partial charge on any atom is 0.269 e. The van der Waals surface area contributed by atoms with E-state index >= 15 is 0 Å². The van der Waals surface area contributed by atoms with Crippen molar-refractivity contribution in [3.05, 3.63) is 60.2 Å². The lowest BCUT2D eigenvalue weighted by molar-refractivity contribution is -0.125. The van der Waals surface area contributed by atoms with Gasteiger partial charge in [0.25, 0.3) is 5.91 Å². The van der Waals surface area contributed by atoms with Crippen molar-refractivity contribution in [2.24, 2.45) is 5.92 Å². The molecule has 1 aliphatic rings. The van der Waals surface area contributed by atoms with Gasteiger partial charge in [0.05, 0.1) is 17.4 Å². The summed E-state index contributed by atoms with van der Waals surface area (Å²) in [6, 6.07) is 16.8. The number of carbonyl (C=O) groups is 2. The molecule has 7 heteroatoms. The third-order valence-corrected chi connectivity index (χ3v) is 5.92. The molecule has 2 N–H and O–H groups in total. The van der Waals surface area contributed by atoms with Gasteiger partial charge in [0.1, 0.15) is 0 Å². The molecule has 2 amide bonds. The van der Waals surface area contributed by atoms with E-state index in [0.717, 1.165) is 11.1 Å². The van der Waals surface area contributed by atoms with Gasteiger partial charge in [-0.25, -0.2) is 8.42 Å². The van der Waals surface area contributed by atoms with Crippen molar-refractivity contribution in [1.82, 2.24) is 10.9 Å². The molecule has 0 aromatic heterocycles. The molecular weight excluding hydrogens is 340 g/mol. The first kappa shape index (κ1) is 17.2. The van der Waals surface area contributed by atoms with E-state index in [9.17, 15) is 18.0 Å². The average Bonchev–Trinajstić information content (AvgIpc) is 3.00. The Morgan fingerprint density at radius 3 is 2.12 bits per heavy atom. The third-order valence-electron chi connectivity index (χ3n) is 4.16. The first-order valence-electron chi connectivity index (χ1n) is 7.91. The molecule has 0 spiro atoms. The normalized spacial score (nSPS) is 18.5. The minimum absolute atomic E-state index is 0.0139. The molecule has 1 fully saturated rings. The van der Waals surface area contributed by atoms with E-state index in [1.807, 2.05) is 42.5 Å². The fraction of sp³-hybridized carbons (Fsp3) is 0.222. The number of hydrogen-bond donors (Lipinski definition) is 2. The van der Waals surface area contributed by atoms with Crippen LogP contribution in [0.2, 0.25) is 0 Å². The topological polar surface area (TPSA) is 92.3 Å². The second-order valence-corrected chi connectivity index (χ2v) is 8.22. The molecule has 1 atom stereocenters. The third kappa shape index (κ3) is 4.24. The smallest absolute Gasteiger partial charge is 0.269 e. The number of sulfone groups is 1. The van der Waals surface area contributed by atoms with Gasteiger partial charge < -0.3 is 0 Å². The van der Waals surface area contributed by atoms with Crippen LogP contribution in [0.1, 0.15) is 16.8 Å². The fourth-order valence-corrected chi connectivity index (χ4v) is 4.48. The minimum atomic E-state index is -3.14. The zero-order chi connectivity index (χ0) is 17.9. The molecule has 25 heavy (non-hydrogen) atoms. The predicted molar refractivity (Wildman–Crippen MR) is 94.2 cm³/mol. The highest BCUT2D eigenvalue weighted by molar-refractivity contribution is 7.91. The van der Waals surface area contributed by atoms with Crippen LogP contribution in [0, 0.1) is 5.92 Å². The van der Waals surface area contributed by atoms with Crippen molar-refractivity contribution in [2.75, 3.05) is 11.5 Å². The van der Waals surface area contributed by atoms with Crippen LogP contribution in [-0.4, -0.2) is 31.7 Å². The lowest BCUT2D eigenvalue weighted by Gasteiger charge is -2.11. The fourth-order valence-electron chi connectivity index (χ4n) is 2.74. The number of hydrogen-bond acceptors (Lipinski definition) is 4. The Balaban J connectivity index is 1.57. The second kappa shape index (κ2) is 7.06. The van der Waals surface area contributed by atoms with Gasteiger partial charge in [-0.3, -0.25) is 20.4 Å². The Hall–Kier alpha value is -2.67. The Kier molecular flexibility index (Phi) is 4.85. The minimum Gasteiger partial charge on any atom is -0.273 e. The van der Waals surface area contributed by atoms with Crippen LogP contribution in [0.4, 0.5) is 0 Å². The molecule has 130 valence electrons. The molecule has 1 heterocycles. The highest BCUT2D eigenvalue weighted by atomic mass is 32.2. The second-order valence-electron chi connectivity index (χ2n) is 5.99. The first-order chi connectivity index (χ1) is 11.9. The van der Waals surface area contributed by atoms with Crippen LogP contribution in [0.15, 0.2) is 54.6 Å². The van der Waals surface area contributed by atoms with Crippen molar-refractivity contribution in [2.45, 2.75) is 6.42 Å². The molecular formula is C18H18N2O4S. The molecule has 0 radical (unpaired) electrons. The quantitative estimate of drug-likeness (QED) is 0.814. The van der Waals surface area contributed by atoms with Gasteiger partial charge in [0, 0.05) is 5.56 Å². The zero-order valence-corrected chi connectivity index (χ0v) is 14.3. The molecule has 1 saturated heterocycles. The SMILES string of the molecule is O=C(NNC(=O)[C@@H]1CCS(=O)(=O)C1)c1ccc(-c2ccccc2)cc1. The first-order valence-corrected chi connectivity index (χ1v) is 9.73. The highest BCUT2D eigenvalue weighted by Gasteiger charge is 2.33. The molecule has 0 aliphatic carbocycles. The molecule has 0 bridgehead atoms. The van der Waals surface area contributed by atoms with Crippen LogP contribution < -0.4 is 10.9 Å². The van der Waals surface area contributed by atoms with Crippen LogP contribution >= 0.6 is 0 Å². The lowest BCUT2D eigenvalue weighted by Crippen LogP contribution is -2.44. The Morgan fingerprint density at radius 2 is 1.52 bits per heavy atom. The standard InChI is InChI=1S/C18H18N2O4S/c21-17(19-20-18(22)16-10-11-25(23,24)12-16)15-8-6-14(7-9-15)13-4-2-1-3-5-13/h1-9,16H,10-12H2,(H,19,21)(H,20,22)/t16-/m1/s1.